The van der Waals surface area contributed by atoms with Crippen molar-refractivity contribution in [1.29, 1.82) is 0 Å². The van der Waals surface area contributed by atoms with Gasteiger partial charge in [-0.3, -0.25) is 9.82 Å². The maximum Gasteiger partial charge on any atom is 0.0812 e. The summed E-state index contributed by atoms with van der Waals surface area (Å²) in [7, 11) is 0. The monoisotopic (exact) mass is 194 g/mol. The molecule has 3 heteroatoms. The number of nitrogens with one attached hydrogen (secondary N) is 1. The number of nitrogens with zero attached hydrogens (tertiary/aromatic N) is 1. The molecular formula is C11H18N2O. The molecule has 0 radical (unpaired) electrons. The van der Waals surface area contributed by atoms with E-state index in [1.165, 1.54) is 5.56 Å². The average Bonchev–Trinajstić information content (AvgIpc) is 2.13. The second kappa shape index (κ2) is 5.08. The van der Waals surface area contributed by atoms with Gasteiger partial charge in [0, 0.05) is 18.9 Å². The van der Waals surface area contributed by atoms with E-state index in [-0.39, 0.29) is 5.60 Å². The van der Waals surface area contributed by atoms with Crippen molar-refractivity contribution in [3.63, 3.8) is 0 Å². The zero-order chi connectivity index (χ0) is 10.4. The van der Waals surface area contributed by atoms with Crippen LogP contribution in [0.2, 0.25) is 0 Å². The van der Waals surface area contributed by atoms with Gasteiger partial charge in [-0.05, 0) is 38.8 Å². The summed E-state index contributed by atoms with van der Waals surface area (Å²) < 4.78 is 0. The van der Waals surface area contributed by atoms with Crippen LogP contribution in [0.15, 0.2) is 24.5 Å². The minimum atomic E-state index is -0.130. The van der Waals surface area contributed by atoms with Crippen molar-refractivity contribution < 1.29 is 4.84 Å². The van der Waals surface area contributed by atoms with Crippen LogP contribution in [0.3, 0.4) is 0 Å². The smallest absolute Gasteiger partial charge is 0.0812 e. The Labute approximate surface area is 85.5 Å². The minimum absolute atomic E-state index is 0.130. The third-order valence-electron chi connectivity index (χ3n) is 1.62. The summed E-state index contributed by atoms with van der Waals surface area (Å²) in [6, 6.07) is 4.01. The Morgan fingerprint density at radius 2 is 2.21 bits per heavy atom. The summed E-state index contributed by atoms with van der Waals surface area (Å²) in [5.41, 5.74) is 4.04. The lowest BCUT2D eigenvalue weighted by Gasteiger charge is -2.19. The van der Waals surface area contributed by atoms with E-state index >= 15 is 0 Å². The van der Waals surface area contributed by atoms with Crippen LogP contribution in [0.1, 0.15) is 26.3 Å². The Kier molecular flexibility index (Phi) is 4.04. The Morgan fingerprint density at radius 1 is 1.43 bits per heavy atom. The van der Waals surface area contributed by atoms with Crippen molar-refractivity contribution in [1.82, 2.24) is 10.5 Å². The standard InChI is InChI=1S/C11H18N2O/c1-11(2,3)14-13-8-6-10-5-4-7-12-9-10/h4-5,7,9,13H,6,8H2,1-3H3. The SMILES string of the molecule is CC(C)(C)ONCCc1cccnc1. The summed E-state index contributed by atoms with van der Waals surface area (Å²) in [5, 5.41) is 0. The van der Waals surface area contributed by atoms with E-state index in [1.54, 1.807) is 6.20 Å². The van der Waals surface area contributed by atoms with Gasteiger partial charge in [-0.1, -0.05) is 6.07 Å². The van der Waals surface area contributed by atoms with Gasteiger partial charge in [-0.15, -0.1) is 0 Å². The molecule has 0 bridgehead atoms. The molecular weight excluding hydrogens is 176 g/mol. The summed E-state index contributed by atoms with van der Waals surface area (Å²) >= 11 is 0. The van der Waals surface area contributed by atoms with Gasteiger partial charge in [0.15, 0.2) is 0 Å². The first-order chi connectivity index (χ1) is 6.58. The number of hydroxylamine groups is 1. The zero-order valence-corrected chi connectivity index (χ0v) is 9.08. The highest BCUT2D eigenvalue weighted by Crippen LogP contribution is 2.03. The number of hydrogen-bond donors (Lipinski definition) is 1. The Morgan fingerprint density at radius 3 is 2.79 bits per heavy atom. The number of hydrogen-bond acceptors (Lipinski definition) is 3. The topological polar surface area (TPSA) is 34.1 Å². The molecule has 0 aliphatic rings. The van der Waals surface area contributed by atoms with Gasteiger partial charge < -0.3 is 0 Å². The van der Waals surface area contributed by atoms with Gasteiger partial charge >= 0.3 is 0 Å². The fourth-order valence-electron chi connectivity index (χ4n) is 1.01. The molecule has 0 spiro atoms. The van der Waals surface area contributed by atoms with Crippen LogP contribution in [0.5, 0.6) is 0 Å². The Hall–Kier alpha value is -0.930. The van der Waals surface area contributed by atoms with Crippen LogP contribution in [0.25, 0.3) is 0 Å². The molecule has 1 aromatic heterocycles. The van der Waals surface area contributed by atoms with E-state index in [4.69, 9.17) is 4.84 Å². The molecule has 3 nitrogen and oxygen atoms in total. The second-order valence-electron chi connectivity index (χ2n) is 4.22. The molecule has 78 valence electrons. The van der Waals surface area contributed by atoms with E-state index in [0.29, 0.717) is 0 Å². The van der Waals surface area contributed by atoms with Gasteiger partial charge in [0.05, 0.1) is 5.60 Å². The van der Waals surface area contributed by atoms with Crippen molar-refractivity contribution in [3.05, 3.63) is 30.1 Å². The van der Waals surface area contributed by atoms with E-state index < -0.39 is 0 Å². The van der Waals surface area contributed by atoms with Crippen molar-refractivity contribution in [2.24, 2.45) is 0 Å². The van der Waals surface area contributed by atoms with E-state index in [1.807, 2.05) is 33.0 Å². The molecule has 1 heterocycles. The summed E-state index contributed by atoms with van der Waals surface area (Å²) in [6.07, 6.45) is 4.59. The van der Waals surface area contributed by atoms with Crippen LogP contribution < -0.4 is 5.48 Å². The van der Waals surface area contributed by atoms with E-state index in [2.05, 4.69) is 16.5 Å². The molecule has 0 amide bonds. The quantitative estimate of drug-likeness (QED) is 0.587. The lowest BCUT2D eigenvalue weighted by atomic mass is 10.2. The molecule has 1 N–H and O–H groups in total. The number of rotatable bonds is 4. The lowest BCUT2D eigenvalue weighted by molar-refractivity contribution is -0.0717. The largest absolute Gasteiger partial charge is 0.296 e. The van der Waals surface area contributed by atoms with Gasteiger partial charge in [0.25, 0.3) is 0 Å². The maximum atomic E-state index is 5.38. The highest BCUT2D eigenvalue weighted by atomic mass is 16.7. The second-order valence-corrected chi connectivity index (χ2v) is 4.22. The number of aromatic nitrogens is 1. The van der Waals surface area contributed by atoms with E-state index in [9.17, 15) is 0 Å². The predicted molar refractivity (Wildman–Crippen MR) is 56.8 cm³/mol. The highest BCUT2D eigenvalue weighted by Gasteiger charge is 2.09. The molecule has 0 aliphatic carbocycles. The molecule has 0 aliphatic heterocycles. The fourth-order valence-corrected chi connectivity index (χ4v) is 1.01. The first-order valence-corrected chi connectivity index (χ1v) is 4.88. The zero-order valence-electron chi connectivity index (χ0n) is 9.08. The lowest BCUT2D eigenvalue weighted by Crippen LogP contribution is -2.30. The fraction of sp³-hybridized carbons (Fsp3) is 0.545. The van der Waals surface area contributed by atoms with Gasteiger partial charge in [0.1, 0.15) is 0 Å². The molecule has 0 aromatic carbocycles. The number of pyridine rings is 1. The molecule has 0 fully saturated rings. The Bertz CT molecular complexity index is 254. The van der Waals surface area contributed by atoms with Crippen LogP contribution in [0.4, 0.5) is 0 Å². The molecule has 0 saturated heterocycles. The predicted octanol–water partition coefficient (Wildman–Crippen LogP) is 1.94. The molecule has 1 aromatic rings. The van der Waals surface area contributed by atoms with Crippen molar-refractivity contribution in [2.45, 2.75) is 32.8 Å². The van der Waals surface area contributed by atoms with Gasteiger partial charge in [-0.2, -0.15) is 0 Å². The molecule has 0 saturated carbocycles. The maximum absolute atomic E-state index is 5.38. The summed E-state index contributed by atoms with van der Waals surface area (Å²) in [4.78, 5) is 9.42. The normalized spacial score (nSPS) is 11.6. The van der Waals surface area contributed by atoms with E-state index in [0.717, 1.165) is 13.0 Å². The minimum Gasteiger partial charge on any atom is -0.296 e. The molecule has 14 heavy (non-hydrogen) atoms. The average molecular weight is 194 g/mol. The van der Waals surface area contributed by atoms with Gasteiger partial charge in [0.2, 0.25) is 0 Å². The molecule has 0 atom stereocenters. The molecule has 1 rings (SSSR count). The van der Waals surface area contributed by atoms with Crippen molar-refractivity contribution in [2.75, 3.05) is 6.54 Å². The highest BCUT2D eigenvalue weighted by molar-refractivity contribution is 5.08. The van der Waals surface area contributed by atoms with Crippen LogP contribution in [-0.4, -0.2) is 17.1 Å². The third-order valence-corrected chi connectivity index (χ3v) is 1.62. The van der Waals surface area contributed by atoms with Crippen molar-refractivity contribution >= 4 is 0 Å². The first-order valence-electron chi connectivity index (χ1n) is 4.88. The summed E-state index contributed by atoms with van der Waals surface area (Å²) in [5.74, 6) is 0. The summed E-state index contributed by atoms with van der Waals surface area (Å²) in [6.45, 7) is 6.86. The van der Waals surface area contributed by atoms with Crippen LogP contribution in [0, 0.1) is 0 Å². The Balaban J connectivity index is 2.17. The third kappa shape index (κ3) is 4.94. The van der Waals surface area contributed by atoms with Crippen LogP contribution >= 0.6 is 0 Å². The van der Waals surface area contributed by atoms with Crippen molar-refractivity contribution in [3.8, 4) is 0 Å². The first kappa shape index (κ1) is 11.1. The van der Waals surface area contributed by atoms with Gasteiger partial charge in [-0.25, -0.2) is 5.48 Å². The molecule has 0 unspecified atom stereocenters. The van der Waals surface area contributed by atoms with Crippen LogP contribution in [-0.2, 0) is 11.3 Å².